The summed E-state index contributed by atoms with van der Waals surface area (Å²) in [5, 5.41) is 3.54. The third-order valence-corrected chi connectivity index (χ3v) is 3.97. The smallest absolute Gasteiger partial charge is 0.0702 e. The van der Waals surface area contributed by atoms with E-state index in [2.05, 4.69) is 47.5 Å². The van der Waals surface area contributed by atoms with E-state index in [9.17, 15) is 0 Å². The minimum atomic E-state index is 0.472. The molecule has 0 bridgehead atoms. The molecule has 1 atom stereocenters. The molecule has 1 N–H and O–H groups in total. The van der Waals surface area contributed by atoms with E-state index in [1.165, 1.54) is 18.4 Å². The Labute approximate surface area is 123 Å². The lowest BCUT2D eigenvalue weighted by atomic mass is 10.1. The summed E-state index contributed by atoms with van der Waals surface area (Å²) >= 11 is 0. The third kappa shape index (κ3) is 5.61. The zero-order chi connectivity index (χ0) is 14.0. The minimum absolute atomic E-state index is 0.472. The van der Waals surface area contributed by atoms with Crippen LogP contribution in [0.25, 0.3) is 0 Å². The van der Waals surface area contributed by atoms with Crippen molar-refractivity contribution in [3.05, 3.63) is 35.9 Å². The first-order valence-electron chi connectivity index (χ1n) is 7.97. The molecule has 1 aromatic rings. The minimum Gasteiger partial charge on any atom is -0.377 e. The lowest BCUT2D eigenvalue weighted by molar-refractivity contribution is 0.0752. The number of hydrogen-bond acceptors (Lipinski definition) is 3. The Bertz CT molecular complexity index is 349. The molecule has 1 aromatic carbocycles. The van der Waals surface area contributed by atoms with Crippen molar-refractivity contribution >= 4 is 0 Å². The van der Waals surface area contributed by atoms with Crippen LogP contribution in [0.2, 0.25) is 0 Å². The Morgan fingerprint density at radius 2 is 2.10 bits per heavy atom. The average Bonchev–Trinajstić information content (AvgIpc) is 3.00. The van der Waals surface area contributed by atoms with Crippen LogP contribution < -0.4 is 5.32 Å². The Balaban J connectivity index is 1.54. The molecule has 1 aliphatic heterocycles. The van der Waals surface area contributed by atoms with Crippen molar-refractivity contribution in [1.29, 1.82) is 0 Å². The summed E-state index contributed by atoms with van der Waals surface area (Å²) in [4.78, 5) is 2.49. The van der Waals surface area contributed by atoms with Gasteiger partial charge in [-0.15, -0.1) is 0 Å². The summed E-state index contributed by atoms with van der Waals surface area (Å²) < 4.78 is 5.71. The van der Waals surface area contributed by atoms with E-state index in [1.807, 2.05) is 0 Å². The third-order valence-electron chi connectivity index (χ3n) is 3.97. The summed E-state index contributed by atoms with van der Waals surface area (Å²) in [5.41, 5.74) is 1.41. The molecule has 0 aromatic heterocycles. The maximum absolute atomic E-state index is 5.71. The Hall–Kier alpha value is -0.900. The maximum atomic E-state index is 5.71. The molecule has 0 aliphatic carbocycles. The Morgan fingerprint density at radius 3 is 2.80 bits per heavy atom. The van der Waals surface area contributed by atoms with Gasteiger partial charge in [-0.05, 0) is 37.9 Å². The second-order valence-corrected chi connectivity index (χ2v) is 5.51. The van der Waals surface area contributed by atoms with Crippen molar-refractivity contribution in [2.24, 2.45) is 0 Å². The lowest BCUT2D eigenvalue weighted by Gasteiger charge is -2.23. The molecule has 0 amide bonds. The van der Waals surface area contributed by atoms with E-state index in [1.54, 1.807) is 0 Å². The molecule has 3 nitrogen and oxygen atoms in total. The number of hydrogen-bond donors (Lipinski definition) is 1. The molecule has 2 rings (SSSR count). The normalized spacial score (nSPS) is 18.8. The summed E-state index contributed by atoms with van der Waals surface area (Å²) in [6.07, 6.45) is 4.05. The second-order valence-electron chi connectivity index (χ2n) is 5.51. The van der Waals surface area contributed by atoms with Gasteiger partial charge in [-0.25, -0.2) is 0 Å². The highest BCUT2D eigenvalue weighted by Crippen LogP contribution is 2.12. The van der Waals surface area contributed by atoms with Gasteiger partial charge in [-0.1, -0.05) is 37.3 Å². The topological polar surface area (TPSA) is 24.5 Å². The van der Waals surface area contributed by atoms with Gasteiger partial charge in [0, 0.05) is 26.2 Å². The molecule has 0 saturated carbocycles. The highest BCUT2D eigenvalue weighted by Gasteiger charge is 2.17. The highest BCUT2D eigenvalue weighted by atomic mass is 16.5. The molecule has 1 heterocycles. The number of nitrogens with one attached hydrogen (secondary N) is 1. The summed E-state index contributed by atoms with van der Waals surface area (Å²) in [5.74, 6) is 0. The van der Waals surface area contributed by atoms with Gasteiger partial charge >= 0.3 is 0 Å². The van der Waals surface area contributed by atoms with Crippen LogP contribution in [0.4, 0.5) is 0 Å². The molecular formula is C17H28N2O. The van der Waals surface area contributed by atoms with E-state index in [0.29, 0.717) is 6.10 Å². The maximum Gasteiger partial charge on any atom is 0.0702 e. The molecular weight excluding hydrogens is 248 g/mol. The van der Waals surface area contributed by atoms with Gasteiger partial charge in [-0.3, -0.25) is 4.90 Å². The van der Waals surface area contributed by atoms with Gasteiger partial charge in [0.25, 0.3) is 0 Å². The van der Waals surface area contributed by atoms with Crippen molar-refractivity contribution in [3.8, 4) is 0 Å². The molecule has 20 heavy (non-hydrogen) atoms. The van der Waals surface area contributed by atoms with E-state index in [-0.39, 0.29) is 0 Å². The monoisotopic (exact) mass is 276 g/mol. The van der Waals surface area contributed by atoms with E-state index in [0.717, 1.165) is 45.8 Å². The SMILES string of the molecule is CCN(CCNCCc1ccccc1)CC1CCCO1. The zero-order valence-electron chi connectivity index (χ0n) is 12.7. The molecule has 0 radical (unpaired) electrons. The van der Waals surface area contributed by atoms with Crippen LogP contribution in [-0.2, 0) is 11.2 Å². The predicted molar refractivity (Wildman–Crippen MR) is 84.1 cm³/mol. The van der Waals surface area contributed by atoms with Crippen LogP contribution >= 0.6 is 0 Å². The summed E-state index contributed by atoms with van der Waals surface area (Å²) in [6, 6.07) is 10.7. The molecule has 1 saturated heterocycles. The number of ether oxygens (including phenoxy) is 1. The largest absolute Gasteiger partial charge is 0.377 e. The van der Waals surface area contributed by atoms with E-state index >= 15 is 0 Å². The average molecular weight is 276 g/mol. The zero-order valence-corrected chi connectivity index (χ0v) is 12.7. The molecule has 1 fully saturated rings. The molecule has 1 aliphatic rings. The van der Waals surface area contributed by atoms with Crippen molar-refractivity contribution < 1.29 is 4.74 Å². The number of benzene rings is 1. The standard InChI is InChI=1S/C17H28N2O/c1-2-19(15-17-9-6-14-20-17)13-12-18-11-10-16-7-4-3-5-8-16/h3-5,7-8,17-18H,2,6,9-15H2,1H3. The van der Waals surface area contributed by atoms with Crippen LogP contribution in [-0.4, -0.2) is 50.3 Å². The molecule has 0 spiro atoms. The van der Waals surface area contributed by atoms with Gasteiger partial charge in [0.2, 0.25) is 0 Å². The Kier molecular flexibility index (Phi) is 7.06. The van der Waals surface area contributed by atoms with Crippen LogP contribution in [0.15, 0.2) is 30.3 Å². The highest BCUT2D eigenvalue weighted by molar-refractivity contribution is 5.14. The number of nitrogens with zero attached hydrogens (tertiary/aromatic N) is 1. The van der Waals surface area contributed by atoms with Crippen LogP contribution in [0, 0.1) is 0 Å². The number of rotatable bonds is 9. The van der Waals surface area contributed by atoms with Crippen molar-refractivity contribution in [2.45, 2.75) is 32.3 Å². The summed E-state index contributed by atoms with van der Waals surface area (Å²) in [7, 11) is 0. The van der Waals surface area contributed by atoms with Gasteiger partial charge in [-0.2, -0.15) is 0 Å². The Morgan fingerprint density at radius 1 is 1.25 bits per heavy atom. The van der Waals surface area contributed by atoms with E-state index in [4.69, 9.17) is 4.74 Å². The lowest BCUT2D eigenvalue weighted by Crippen LogP contribution is -2.37. The van der Waals surface area contributed by atoms with Crippen LogP contribution in [0.5, 0.6) is 0 Å². The van der Waals surface area contributed by atoms with Crippen LogP contribution in [0.1, 0.15) is 25.3 Å². The molecule has 112 valence electrons. The fourth-order valence-corrected chi connectivity index (χ4v) is 2.69. The molecule has 1 unspecified atom stereocenters. The van der Waals surface area contributed by atoms with Crippen LogP contribution in [0.3, 0.4) is 0 Å². The fraction of sp³-hybridized carbons (Fsp3) is 0.647. The van der Waals surface area contributed by atoms with Crippen molar-refractivity contribution in [1.82, 2.24) is 10.2 Å². The first kappa shape index (κ1) is 15.5. The first-order valence-corrected chi connectivity index (χ1v) is 7.97. The van der Waals surface area contributed by atoms with Gasteiger partial charge in [0.15, 0.2) is 0 Å². The van der Waals surface area contributed by atoms with Crippen molar-refractivity contribution in [2.75, 3.05) is 39.3 Å². The quantitative estimate of drug-likeness (QED) is 0.701. The van der Waals surface area contributed by atoms with E-state index < -0.39 is 0 Å². The second kappa shape index (κ2) is 9.11. The fourth-order valence-electron chi connectivity index (χ4n) is 2.69. The van der Waals surface area contributed by atoms with Gasteiger partial charge < -0.3 is 10.1 Å². The van der Waals surface area contributed by atoms with Crippen molar-refractivity contribution in [3.63, 3.8) is 0 Å². The van der Waals surface area contributed by atoms with Gasteiger partial charge in [0.1, 0.15) is 0 Å². The number of likely N-dealkylation sites (N-methyl/N-ethyl adjacent to an activating group) is 1. The molecule has 3 heteroatoms. The first-order chi connectivity index (χ1) is 9.88. The summed E-state index contributed by atoms with van der Waals surface area (Å²) in [6.45, 7) is 8.63. The predicted octanol–water partition coefficient (Wildman–Crippen LogP) is 2.32. The van der Waals surface area contributed by atoms with Gasteiger partial charge in [0.05, 0.1) is 6.10 Å².